The van der Waals surface area contributed by atoms with Gasteiger partial charge in [-0.1, -0.05) is 11.8 Å². The molecule has 0 unspecified atom stereocenters. The molecule has 2 nitrogen and oxygen atoms in total. The zero-order chi connectivity index (χ0) is 11.3. The second kappa shape index (κ2) is 5.33. The van der Waals surface area contributed by atoms with Crippen molar-refractivity contribution in [3.63, 3.8) is 0 Å². The number of rotatable bonds is 2. The second-order valence-electron chi connectivity index (χ2n) is 3.43. The minimum atomic E-state index is 0.0916. The number of aryl methyl sites for hydroxylation is 1. The Morgan fingerprint density at radius 1 is 1.47 bits per heavy atom. The molecule has 0 aliphatic carbocycles. The van der Waals surface area contributed by atoms with Crippen molar-refractivity contribution in [3.8, 4) is 11.8 Å². The van der Waals surface area contributed by atoms with Crippen LogP contribution in [-0.2, 0) is 0 Å². The van der Waals surface area contributed by atoms with E-state index >= 15 is 0 Å². The Morgan fingerprint density at radius 3 is 2.73 bits per heavy atom. The fourth-order valence-electron chi connectivity index (χ4n) is 1.37. The van der Waals surface area contributed by atoms with E-state index in [4.69, 9.17) is 5.73 Å². The minimum Gasteiger partial charge on any atom is -0.330 e. The van der Waals surface area contributed by atoms with Crippen LogP contribution in [0.2, 0.25) is 0 Å². The van der Waals surface area contributed by atoms with Gasteiger partial charge in [-0.05, 0) is 37.6 Å². The summed E-state index contributed by atoms with van der Waals surface area (Å²) in [5, 5.41) is 0. The van der Waals surface area contributed by atoms with Gasteiger partial charge in [-0.3, -0.25) is 4.79 Å². The van der Waals surface area contributed by atoms with Crippen LogP contribution in [0.5, 0.6) is 0 Å². The first-order valence-corrected chi connectivity index (χ1v) is 4.95. The molecular formula is C13H15NO. The van der Waals surface area contributed by atoms with E-state index in [1.54, 1.807) is 6.92 Å². The predicted octanol–water partition coefficient (Wildman–Crippen LogP) is 1.90. The van der Waals surface area contributed by atoms with Crippen molar-refractivity contribution in [1.82, 2.24) is 0 Å². The SMILES string of the molecule is CC(=O)c1ccc(C#CCCN)cc1C. The summed E-state index contributed by atoms with van der Waals surface area (Å²) in [6.07, 6.45) is 0.702. The zero-order valence-corrected chi connectivity index (χ0v) is 9.13. The van der Waals surface area contributed by atoms with Gasteiger partial charge in [0, 0.05) is 24.1 Å². The first kappa shape index (κ1) is 11.5. The molecule has 0 spiro atoms. The number of ketones is 1. The lowest BCUT2D eigenvalue weighted by Gasteiger charge is -2.01. The number of hydrogen-bond donors (Lipinski definition) is 1. The number of benzene rings is 1. The van der Waals surface area contributed by atoms with Crippen LogP contribution < -0.4 is 5.73 Å². The van der Waals surface area contributed by atoms with E-state index in [2.05, 4.69) is 11.8 Å². The molecule has 2 N–H and O–H groups in total. The molecule has 0 atom stereocenters. The molecular weight excluding hydrogens is 186 g/mol. The van der Waals surface area contributed by atoms with Gasteiger partial charge < -0.3 is 5.73 Å². The summed E-state index contributed by atoms with van der Waals surface area (Å²) in [6.45, 7) is 4.07. The maximum atomic E-state index is 11.2. The van der Waals surface area contributed by atoms with E-state index in [0.717, 1.165) is 16.7 Å². The van der Waals surface area contributed by atoms with Gasteiger partial charge in [-0.2, -0.15) is 0 Å². The van der Waals surface area contributed by atoms with Crippen molar-refractivity contribution in [2.24, 2.45) is 5.73 Å². The molecule has 1 rings (SSSR count). The molecule has 15 heavy (non-hydrogen) atoms. The van der Waals surface area contributed by atoms with Crippen molar-refractivity contribution in [3.05, 3.63) is 34.9 Å². The van der Waals surface area contributed by atoms with Crippen molar-refractivity contribution in [1.29, 1.82) is 0 Å². The summed E-state index contributed by atoms with van der Waals surface area (Å²) < 4.78 is 0. The molecule has 1 aromatic rings. The fourth-order valence-corrected chi connectivity index (χ4v) is 1.37. The van der Waals surface area contributed by atoms with Crippen molar-refractivity contribution in [2.45, 2.75) is 20.3 Å². The fraction of sp³-hybridized carbons (Fsp3) is 0.308. The van der Waals surface area contributed by atoms with E-state index in [-0.39, 0.29) is 5.78 Å². The van der Waals surface area contributed by atoms with Crippen LogP contribution in [0.15, 0.2) is 18.2 Å². The smallest absolute Gasteiger partial charge is 0.160 e. The third-order valence-electron chi connectivity index (χ3n) is 2.11. The lowest BCUT2D eigenvalue weighted by molar-refractivity contribution is 0.101. The third kappa shape index (κ3) is 3.23. The lowest BCUT2D eigenvalue weighted by atomic mass is 10.0. The second-order valence-corrected chi connectivity index (χ2v) is 3.43. The summed E-state index contributed by atoms with van der Waals surface area (Å²) in [7, 11) is 0. The van der Waals surface area contributed by atoms with E-state index < -0.39 is 0 Å². The molecule has 0 aliphatic rings. The minimum absolute atomic E-state index is 0.0916. The molecule has 78 valence electrons. The Labute approximate surface area is 90.5 Å². The number of hydrogen-bond acceptors (Lipinski definition) is 2. The summed E-state index contributed by atoms with van der Waals surface area (Å²) in [5.41, 5.74) is 8.01. The summed E-state index contributed by atoms with van der Waals surface area (Å²) in [4.78, 5) is 11.2. The molecule has 0 bridgehead atoms. The lowest BCUT2D eigenvalue weighted by Crippen LogP contribution is -1.96. The predicted molar refractivity (Wildman–Crippen MR) is 61.7 cm³/mol. The maximum absolute atomic E-state index is 11.2. The van der Waals surface area contributed by atoms with Gasteiger partial charge in [-0.15, -0.1) is 0 Å². The standard InChI is InChI=1S/C13H15NO/c1-10-9-12(5-3-4-8-14)6-7-13(10)11(2)15/h6-7,9H,4,8,14H2,1-2H3. The van der Waals surface area contributed by atoms with Gasteiger partial charge in [-0.25, -0.2) is 0 Å². The quantitative estimate of drug-likeness (QED) is 0.586. The van der Waals surface area contributed by atoms with Crippen molar-refractivity contribution < 1.29 is 4.79 Å². The number of carbonyl (C=O) groups is 1. The number of Topliss-reactive ketones (excluding diaryl/α,β-unsaturated/α-hetero) is 1. The van der Waals surface area contributed by atoms with E-state index in [1.807, 2.05) is 25.1 Å². The highest BCUT2D eigenvalue weighted by Gasteiger charge is 2.02. The van der Waals surface area contributed by atoms with Crippen LogP contribution in [-0.4, -0.2) is 12.3 Å². The highest BCUT2D eigenvalue weighted by Crippen LogP contribution is 2.10. The largest absolute Gasteiger partial charge is 0.330 e. The summed E-state index contributed by atoms with van der Waals surface area (Å²) >= 11 is 0. The van der Waals surface area contributed by atoms with Crippen molar-refractivity contribution >= 4 is 5.78 Å². The average molecular weight is 201 g/mol. The average Bonchev–Trinajstić information content (AvgIpc) is 2.17. The topological polar surface area (TPSA) is 43.1 Å². The first-order chi connectivity index (χ1) is 7.15. The van der Waals surface area contributed by atoms with Gasteiger partial charge in [0.05, 0.1) is 0 Å². The maximum Gasteiger partial charge on any atom is 0.160 e. The van der Waals surface area contributed by atoms with Crippen LogP contribution >= 0.6 is 0 Å². The molecule has 0 saturated carbocycles. The van der Waals surface area contributed by atoms with Crippen LogP contribution in [0.1, 0.15) is 34.8 Å². The third-order valence-corrected chi connectivity index (χ3v) is 2.11. The van der Waals surface area contributed by atoms with Crippen LogP contribution in [0.3, 0.4) is 0 Å². The summed E-state index contributed by atoms with van der Waals surface area (Å²) in [5.74, 6) is 6.07. The molecule has 0 aromatic heterocycles. The van der Waals surface area contributed by atoms with Gasteiger partial charge in [0.15, 0.2) is 5.78 Å². The number of carbonyl (C=O) groups excluding carboxylic acids is 1. The van der Waals surface area contributed by atoms with Crippen LogP contribution in [0.4, 0.5) is 0 Å². The highest BCUT2D eigenvalue weighted by atomic mass is 16.1. The van der Waals surface area contributed by atoms with Gasteiger partial charge in [0.25, 0.3) is 0 Å². The van der Waals surface area contributed by atoms with Crippen LogP contribution in [0, 0.1) is 18.8 Å². The Bertz CT molecular complexity index is 424. The molecule has 0 fully saturated rings. The first-order valence-electron chi connectivity index (χ1n) is 4.95. The Kier molecular flexibility index (Phi) is 4.08. The normalized spacial score (nSPS) is 9.27. The Hall–Kier alpha value is -1.59. The number of nitrogens with two attached hydrogens (primary N) is 1. The van der Waals surface area contributed by atoms with Gasteiger partial charge in [0.2, 0.25) is 0 Å². The van der Waals surface area contributed by atoms with E-state index in [0.29, 0.717) is 13.0 Å². The van der Waals surface area contributed by atoms with Crippen LogP contribution in [0.25, 0.3) is 0 Å². The monoisotopic (exact) mass is 201 g/mol. The molecule has 1 aromatic carbocycles. The molecule has 0 radical (unpaired) electrons. The Morgan fingerprint density at radius 2 is 2.20 bits per heavy atom. The van der Waals surface area contributed by atoms with E-state index in [9.17, 15) is 4.79 Å². The van der Waals surface area contributed by atoms with Gasteiger partial charge >= 0.3 is 0 Å². The highest BCUT2D eigenvalue weighted by molar-refractivity contribution is 5.95. The molecule has 0 aliphatic heterocycles. The van der Waals surface area contributed by atoms with Crippen molar-refractivity contribution in [2.75, 3.05) is 6.54 Å². The molecule has 0 heterocycles. The molecule has 0 amide bonds. The Balaban J connectivity index is 2.93. The summed E-state index contributed by atoms with van der Waals surface area (Å²) in [6, 6.07) is 5.62. The van der Waals surface area contributed by atoms with Gasteiger partial charge in [0.1, 0.15) is 0 Å². The molecule has 0 saturated heterocycles. The van der Waals surface area contributed by atoms with E-state index in [1.165, 1.54) is 0 Å². The molecule has 2 heteroatoms. The zero-order valence-electron chi connectivity index (χ0n) is 9.13.